The van der Waals surface area contributed by atoms with E-state index in [1.165, 1.54) is 6.42 Å². The normalized spacial score (nSPS) is 18.8. The summed E-state index contributed by atoms with van der Waals surface area (Å²) in [4.78, 5) is 14.1. The third kappa shape index (κ3) is 5.41. The van der Waals surface area contributed by atoms with E-state index in [1.54, 1.807) is 0 Å². The van der Waals surface area contributed by atoms with Crippen LogP contribution in [0.5, 0.6) is 0 Å². The largest absolute Gasteiger partial charge is 0.377 e. The van der Waals surface area contributed by atoms with Crippen molar-refractivity contribution >= 4 is 27.5 Å². The van der Waals surface area contributed by atoms with Gasteiger partial charge in [-0.15, -0.1) is 0 Å². The summed E-state index contributed by atoms with van der Waals surface area (Å²) in [6.45, 7) is 4.03. The lowest BCUT2D eigenvalue weighted by molar-refractivity contribution is -0.117. The Morgan fingerprint density at radius 3 is 2.95 bits per heavy atom. The maximum absolute atomic E-state index is 12.1. The third-order valence-electron chi connectivity index (χ3n) is 3.67. The van der Waals surface area contributed by atoms with Gasteiger partial charge >= 0.3 is 0 Å². The van der Waals surface area contributed by atoms with Crippen LogP contribution in [-0.4, -0.2) is 43.7 Å². The van der Waals surface area contributed by atoms with Crippen molar-refractivity contribution in [3.8, 4) is 0 Å². The maximum atomic E-state index is 12.1. The topological polar surface area (TPSA) is 41.6 Å². The van der Waals surface area contributed by atoms with Crippen molar-refractivity contribution in [2.75, 3.05) is 32.1 Å². The van der Waals surface area contributed by atoms with Crippen molar-refractivity contribution in [1.29, 1.82) is 0 Å². The van der Waals surface area contributed by atoms with E-state index in [9.17, 15) is 4.79 Å². The zero-order valence-corrected chi connectivity index (χ0v) is 14.3. The maximum Gasteiger partial charge on any atom is 0.238 e. The molecule has 1 aromatic carbocycles. The van der Waals surface area contributed by atoms with Gasteiger partial charge in [-0.25, -0.2) is 0 Å². The molecule has 0 spiro atoms. The first-order valence-electron chi connectivity index (χ1n) is 7.41. The second kappa shape index (κ2) is 7.92. The Kier molecular flexibility index (Phi) is 6.21. The van der Waals surface area contributed by atoms with E-state index in [0.29, 0.717) is 6.54 Å². The van der Waals surface area contributed by atoms with E-state index in [-0.39, 0.29) is 12.0 Å². The number of ether oxygens (including phenoxy) is 1. The van der Waals surface area contributed by atoms with Crippen LogP contribution >= 0.6 is 15.9 Å². The van der Waals surface area contributed by atoms with Gasteiger partial charge in [0, 0.05) is 23.3 Å². The number of benzene rings is 1. The van der Waals surface area contributed by atoms with Crippen LogP contribution in [0.25, 0.3) is 0 Å². The number of aryl methyl sites for hydroxylation is 1. The van der Waals surface area contributed by atoms with Crippen LogP contribution in [0, 0.1) is 6.92 Å². The van der Waals surface area contributed by atoms with E-state index >= 15 is 0 Å². The van der Waals surface area contributed by atoms with Crippen LogP contribution < -0.4 is 5.32 Å². The fourth-order valence-electron chi connectivity index (χ4n) is 2.57. The summed E-state index contributed by atoms with van der Waals surface area (Å²) in [7, 11) is 1.96. The lowest BCUT2D eigenvalue weighted by Gasteiger charge is -2.27. The molecule has 1 amide bonds. The minimum absolute atomic E-state index is 0.0127. The second-order valence-corrected chi connectivity index (χ2v) is 6.61. The molecule has 21 heavy (non-hydrogen) atoms. The van der Waals surface area contributed by atoms with Gasteiger partial charge in [0.1, 0.15) is 0 Å². The minimum Gasteiger partial charge on any atom is -0.377 e. The molecule has 1 aliphatic heterocycles. The highest BCUT2D eigenvalue weighted by atomic mass is 79.9. The molecule has 0 unspecified atom stereocenters. The lowest BCUT2D eigenvalue weighted by atomic mass is 10.1. The molecule has 0 saturated carbocycles. The summed E-state index contributed by atoms with van der Waals surface area (Å²) < 4.78 is 6.72. The van der Waals surface area contributed by atoms with Gasteiger partial charge in [0.2, 0.25) is 5.91 Å². The third-order valence-corrected chi connectivity index (χ3v) is 4.16. The predicted molar refractivity (Wildman–Crippen MR) is 88.6 cm³/mol. The Balaban J connectivity index is 1.80. The number of carbonyl (C=O) groups is 1. The Morgan fingerprint density at radius 1 is 1.48 bits per heavy atom. The van der Waals surface area contributed by atoms with E-state index < -0.39 is 0 Å². The summed E-state index contributed by atoms with van der Waals surface area (Å²) in [5.41, 5.74) is 1.92. The number of likely N-dealkylation sites (N-methyl/N-ethyl adjacent to an activating group) is 1. The van der Waals surface area contributed by atoms with Crippen molar-refractivity contribution in [3.63, 3.8) is 0 Å². The number of nitrogens with one attached hydrogen (secondary N) is 1. The van der Waals surface area contributed by atoms with E-state index in [1.807, 2.05) is 37.1 Å². The van der Waals surface area contributed by atoms with Gasteiger partial charge in [-0.05, 0) is 57.0 Å². The smallest absolute Gasteiger partial charge is 0.238 e. The fraction of sp³-hybridized carbons (Fsp3) is 0.562. The highest BCUT2D eigenvalue weighted by Gasteiger charge is 2.17. The quantitative estimate of drug-likeness (QED) is 0.882. The molecule has 2 rings (SSSR count). The van der Waals surface area contributed by atoms with Gasteiger partial charge in [-0.1, -0.05) is 15.9 Å². The summed E-state index contributed by atoms with van der Waals surface area (Å²) >= 11 is 3.42. The van der Waals surface area contributed by atoms with Crippen LogP contribution in [0.15, 0.2) is 22.7 Å². The number of rotatable bonds is 5. The van der Waals surface area contributed by atoms with Gasteiger partial charge in [0.25, 0.3) is 0 Å². The Morgan fingerprint density at radius 2 is 2.29 bits per heavy atom. The van der Waals surface area contributed by atoms with Crippen molar-refractivity contribution < 1.29 is 9.53 Å². The highest BCUT2D eigenvalue weighted by Crippen LogP contribution is 2.20. The van der Waals surface area contributed by atoms with Crippen molar-refractivity contribution in [1.82, 2.24) is 4.90 Å². The van der Waals surface area contributed by atoms with Crippen molar-refractivity contribution in [2.45, 2.75) is 32.3 Å². The van der Waals surface area contributed by atoms with Crippen LogP contribution in [0.3, 0.4) is 0 Å². The van der Waals surface area contributed by atoms with Crippen LogP contribution in [0.4, 0.5) is 5.69 Å². The molecule has 1 aliphatic rings. The molecule has 1 aromatic rings. The SMILES string of the molecule is Cc1cc(Br)ccc1NC(=O)CN(C)C[C@H]1CCCCO1. The summed E-state index contributed by atoms with van der Waals surface area (Å²) in [6.07, 6.45) is 3.75. The van der Waals surface area contributed by atoms with Crippen molar-refractivity contribution in [3.05, 3.63) is 28.2 Å². The molecule has 4 nitrogen and oxygen atoms in total. The molecule has 1 fully saturated rings. The molecule has 5 heteroatoms. The van der Waals surface area contributed by atoms with E-state index in [4.69, 9.17) is 4.74 Å². The number of nitrogens with zero attached hydrogens (tertiary/aromatic N) is 1. The second-order valence-electron chi connectivity index (χ2n) is 5.69. The van der Waals surface area contributed by atoms with Gasteiger partial charge in [-0.2, -0.15) is 0 Å². The number of amides is 1. The summed E-state index contributed by atoms with van der Waals surface area (Å²) in [6, 6.07) is 5.85. The molecular formula is C16H23BrN2O2. The van der Waals surface area contributed by atoms with Crippen LogP contribution in [0.1, 0.15) is 24.8 Å². The van der Waals surface area contributed by atoms with Gasteiger partial charge in [0.15, 0.2) is 0 Å². The number of hydrogen-bond donors (Lipinski definition) is 1. The Hall–Kier alpha value is -0.910. The van der Waals surface area contributed by atoms with Crippen LogP contribution in [-0.2, 0) is 9.53 Å². The molecule has 0 aliphatic carbocycles. The van der Waals surface area contributed by atoms with Crippen molar-refractivity contribution in [2.24, 2.45) is 0 Å². The number of hydrogen-bond acceptors (Lipinski definition) is 3. The summed E-state index contributed by atoms with van der Waals surface area (Å²) in [5.74, 6) is 0.0127. The number of anilines is 1. The summed E-state index contributed by atoms with van der Waals surface area (Å²) in [5, 5.41) is 2.96. The molecule has 1 atom stereocenters. The lowest BCUT2D eigenvalue weighted by Crippen LogP contribution is -2.37. The first-order chi connectivity index (χ1) is 10.0. The average Bonchev–Trinajstić information content (AvgIpc) is 2.43. The standard InChI is InChI=1S/C16H23BrN2O2/c1-12-9-13(17)6-7-15(12)18-16(20)11-19(2)10-14-5-3-4-8-21-14/h6-7,9,14H,3-5,8,10-11H2,1-2H3,(H,18,20)/t14-/m1/s1. The molecule has 1 saturated heterocycles. The molecule has 116 valence electrons. The number of halogens is 1. The van der Waals surface area contributed by atoms with Gasteiger partial charge in [0.05, 0.1) is 12.6 Å². The zero-order chi connectivity index (χ0) is 15.2. The molecule has 1 heterocycles. The molecule has 0 bridgehead atoms. The van der Waals surface area contributed by atoms with Crippen LogP contribution in [0.2, 0.25) is 0 Å². The fourth-order valence-corrected chi connectivity index (χ4v) is 3.04. The molecule has 0 aromatic heterocycles. The predicted octanol–water partition coefficient (Wildman–Crippen LogP) is 3.20. The monoisotopic (exact) mass is 354 g/mol. The van der Waals surface area contributed by atoms with E-state index in [0.717, 1.165) is 41.7 Å². The zero-order valence-electron chi connectivity index (χ0n) is 12.7. The minimum atomic E-state index is 0.0127. The Labute approximate surface area is 135 Å². The average molecular weight is 355 g/mol. The van der Waals surface area contributed by atoms with E-state index in [2.05, 4.69) is 21.2 Å². The first-order valence-corrected chi connectivity index (χ1v) is 8.20. The number of carbonyl (C=O) groups excluding carboxylic acids is 1. The molecular weight excluding hydrogens is 332 g/mol. The first kappa shape index (κ1) is 16.5. The van der Waals surface area contributed by atoms with Gasteiger partial charge < -0.3 is 10.1 Å². The van der Waals surface area contributed by atoms with Gasteiger partial charge in [-0.3, -0.25) is 9.69 Å². The highest BCUT2D eigenvalue weighted by molar-refractivity contribution is 9.10. The Bertz CT molecular complexity index is 487. The molecule has 1 N–H and O–H groups in total. The molecule has 0 radical (unpaired) electrons.